The summed E-state index contributed by atoms with van der Waals surface area (Å²) in [4.78, 5) is 0. The molecule has 2 N–H and O–H groups in total. The van der Waals surface area contributed by atoms with Crippen LogP contribution in [-0.2, 0) is 6.42 Å². The van der Waals surface area contributed by atoms with Crippen LogP contribution in [0, 0.1) is 5.82 Å². The Bertz CT molecular complexity index is 317. The summed E-state index contributed by atoms with van der Waals surface area (Å²) in [5.74, 6) is -0.158. The summed E-state index contributed by atoms with van der Waals surface area (Å²) in [6.45, 7) is 0.552. The molecule has 14 heavy (non-hydrogen) atoms. The molecule has 0 aliphatic heterocycles. The number of nitrogens with two attached hydrogens (primary N) is 1. The van der Waals surface area contributed by atoms with Crippen LogP contribution in [0.15, 0.2) is 12.1 Å². The van der Waals surface area contributed by atoms with Gasteiger partial charge in [0.05, 0.1) is 7.11 Å². The smallest absolute Gasteiger partial charge is 0.165 e. The normalized spacial score (nSPS) is 10.3. The summed E-state index contributed by atoms with van der Waals surface area (Å²) in [5.41, 5.74) is 6.07. The first kappa shape index (κ1) is 11.3. The standard InChI is InChI=1S/C10H13ClFNO/c1-14-10-7(3-2-6-13)8(11)4-5-9(10)12/h4-5H,2-3,6,13H2,1H3. The van der Waals surface area contributed by atoms with Crippen molar-refractivity contribution in [2.24, 2.45) is 5.73 Å². The van der Waals surface area contributed by atoms with E-state index >= 15 is 0 Å². The summed E-state index contributed by atoms with van der Waals surface area (Å²) >= 11 is 5.93. The molecule has 0 heterocycles. The Kier molecular flexibility index (Phi) is 4.17. The number of rotatable bonds is 4. The van der Waals surface area contributed by atoms with Crippen molar-refractivity contribution in [2.45, 2.75) is 12.8 Å². The average Bonchev–Trinajstić information content (AvgIpc) is 2.19. The van der Waals surface area contributed by atoms with Crippen molar-refractivity contribution in [1.29, 1.82) is 0 Å². The zero-order valence-corrected chi connectivity index (χ0v) is 8.77. The molecule has 78 valence electrons. The molecule has 0 bridgehead atoms. The molecule has 1 aromatic rings. The van der Waals surface area contributed by atoms with Crippen molar-refractivity contribution < 1.29 is 9.13 Å². The third-order valence-electron chi connectivity index (χ3n) is 1.99. The van der Waals surface area contributed by atoms with Crippen molar-refractivity contribution in [3.8, 4) is 5.75 Å². The first-order valence-corrected chi connectivity index (χ1v) is 4.79. The molecule has 4 heteroatoms. The van der Waals surface area contributed by atoms with Crippen molar-refractivity contribution in [3.05, 3.63) is 28.5 Å². The van der Waals surface area contributed by atoms with Crippen LogP contribution >= 0.6 is 11.6 Å². The van der Waals surface area contributed by atoms with Crippen molar-refractivity contribution in [2.75, 3.05) is 13.7 Å². The van der Waals surface area contributed by atoms with Crippen LogP contribution in [0.25, 0.3) is 0 Å². The Hall–Kier alpha value is -0.800. The van der Waals surface area contributed by atoms with E-state index in [1.807, 2.05) is 0 Å². The maximum absolute atomic E-state index is 13.2. The highest BCUT2D eigenvalue weighted by Gasteiger charge is 2.12. The quantitative estimate of drug-likeness (QED) is 0.841. The minimum atomic E-state index is -0.385. The summed E-state index contributed by atoms with van der Waals surface area (Å²) in [7, 11) is 1.43. The Morgan fingerprint density at radius 2 is 2.21 bits per heavy atom. The fraction of sp³-hybridized carbons (Fsp3) is 0.400. The molecule has 0 saturated heterocycles. The van der Waals surface area contributed by atoms with Gasteiger partial charge >= 0.3 is 0 Å². The lowest BCUT2D eigenvalue weighted by molar-refractivity contribution is 0.381. The van der Waals surface area contributed by atoms with E-state index in [9.17, 15) is 4.39 Å². The molecule has 2 nitrogen and oxygen atoms in total. The second-order valence-corrected chi connectivity index (χ2v) is 3.34. The predicted octanol–water partition coefficient (Wildman–Crippen LogP) is 2.38. The monoisotopic (exact) mass is 217 g/mol. The van der Waals surface area contributed by atoms with Gasteiger partial charge in [-0.1, -0.05) is 11.6 Å². The fourth-order valence-electron chi connectivity index (χ4n) is 1.31. The van der Waals surface area contributed by atoms with Crippen LogP contribution in [0.3, 0.4) is 0 Å². The summed E-state index contributed by atoms with van der Waals surface area (Å²) in [6, 6.07) is 2.83. The van der Waals surface area contributed by atoms with Gasteiger partial charge in [-0.3, -0.25) is 0 Å². The van der Waals surface area contributed by atoms with Gasteiger partial charge in [0.2, 0.25) is 0 Å². The number of ether oxygens (including phenoxy) is 1. The maximum atomic E-state index is 13.2. The van der Waals surface area contributed by atoms with Gasteiger partial charge in [0, 0.05) is 10.6 Å². The minimum Gasteiger partial charge on any atom is -0.493 e. The first-order chi connectivity index (χ1) is 6.70. The lowest BCUT2D eigenvalue weighted by Crippen LogP contribution is -2.03. The summed E-state index contributed by atoms with van der Waals surface area (Å²) < 4.78 is 18.2. The third-order valence-corrected chi connectivity index (χ3v) is 2.34. The molecule has 0 fully saturated rings. The fourth-order valence-corrected chi connectivity index (χ4v) is 1.55. The number of halogens is 2. The minimum absolute atomic E-state index is 0.228. The van der Waals surface area contributed by atoms with Crippen LogP contribution in [0.1, 0.15) is 12.0 Å². The van der Waals surface area contributed by atoms with Gasteiger partial charge in [-0.2, -0.15) is 0 Å². The van der Waals surface area contributed by atoms with E-state index in [2.05, 4.69) is 0 Å². The van der Waals surface area contributed by atoms with E-state index in [1.165, 1.54) is 19.2 Å². The van der Waals surface area contributed by atoms with Crippen LogP contribution in [-0.4, -0.2) is 13.7 Å². The Morgan fingerprint density at radius 1 is 1.50 bits per heavy atom. The number of benzene rings is 1. The SMILES string of the molecule is COc1c(F)ccc(Cl)c1CCCN. The van der Waals surface area contributed by atoms with Gasteiger partial charge in [0.15, 0.2) is 11.6 Å². The predicted molar refractivity (Wildman–Crippen MR) is 55.3 cm³/mol. The Morgan fingerprint density at radius 3 is 2.79 bits per heavy atom. The molecule has 0 aromatic heterocycles. The molecule has 0 aliphatic carbocycles. The average molecular weight is 218 g/mol. The summed E-state index contributed by atoms with van der Waals surface area (Å²) in [5, 5.41) is 0.525. The molecule has 0 atom stereocenters. The molecule has 0 saturated carbocycles. The van der Waals surface area contributed by atoms with Crippen molar-refractivity contribution >= 4 is 11.6 Å². The van der Waals surface area contributed by atoms with Gasteiger partial charge in [0.1, 0.15) is 0 Å². The van der Waals surface area contributed by atoms with E-state index in [1.54, 1.807) is 0 Å². The van der Waals surface area contributed by atoms with Crippen LogP contribution < -0.4 is 10.5 Å². The maximum Gasteiger partial charge on any atom is 0.165 e. The van der Waals surface area contributed by atoms with Crippen molar-refractivity contribution in [1.82, 2.24) is 0 Å². The third kappa shape index (κ3) is 2.36. The van der Waals surface area contributed by atoms with Gasteiger partial charge in [-0.05, 0) is 31.5 Å². The lowest BCUT2D eigenvalue weighted by Gasteiger charge is -2.10. The first-order valence-electron chi connectivity index (χ1n) is 4.41. The van der Waals surface area contributed by atoms with Crippen LogP contribution in [0.4, 0.5) is 4.39 Å². The largest absolute Gasteiger partial charge is 0.493 e. The van der Waals surface area contributed by atoms with Gasteiger partial charge in [0.25, 0.3) is 0 Å². The highest BCUT2D eigenvalue weighted by Crippen LogP contribution is 2.30. The van der Waals surface area contributed by atoms with Crippen LogP contribution in [0.2, 0.25) is 5.02 Å². The van der Waals surface area contributed by atoms with Crippen molar-refractivity contribution in [3.63, 3.8) is 0 Å². The van der Waals surface area contributed by atoms with E-state index < -0.39 is 0 Å². The molecule has 0 unspecified atom stereocenters. The van der Waals surface area contributed by atoms with Gasteiger partial charge < -0.3 is 10.5 Å². The molecule has 1 aromatic carbocycles. The molecular weight excluding hydrogens is 205 g/mol. The van der Waals surface area contributed by atoms with Gasteiger partial charge in [-0.15, -0.1) is 0 Å². The number of hydrogen-bond acceptors (Lipinski definition) is 2. The summed E-state index contributed by atoms with van der Waals surface area (Å²) in [6.07, 6.45) is 1.40. The van der Waals surface area contributed by atoms with E-state index in [-0.39, 0.29) is 11.6 Å². The van der Waals surface area contributed by atoms with E-state index in [0.717, 1.165) is 6.42 Å². The molecule has 0 amide bonds. The van der Waals surface area contributed by atoms with E-state index in [0.29, 0.717) is 23.6 Å². The molecule has 0 spiro atoms. The molecule has 0 radical (unpaired) electrons. The topological polar surface area (TPSA) is 35.2 Å². The molecular formula is C10H13ClFNO. The number of hydrogen-bond donors (Lipinski definition) is 1. The second kappa shape index (κ2) is 5.17. The zero-order chi connectivity index (χ0) is 10.6. The Balaban J connectivity index is 3.03. The molecule has 0 aliphatic rings. The van der Waals surface area contributed by atoms with Crippen LogP contribution in [0.5, 0.6) is 5.75 Å². The highest BCUT2D eigenvalue weighted by molar-refractivity contribution is 6.31. The highest BCUT2D eigenvalue weighted by atomic mass is 35.5. The second-order valence-electron chi connectivity index (χ2n) is 2.93. The number of methoxy groups -OCH3 is 1. The van der Waals surface area contributed by atoms with Gasteiger partial charge in [-0.25, -0.2) is 4.39 Å². The molecule has 1 rings (SSSR count). The van der Waals surface area contributed by atoms with E-state index in [4.69, 9.17) is 22.1 Å². The zero-order valence-electron chi connectivity index (χ0n) is 8.02. The lowest BCUT2D eigenvalue weighted by atomic mass is 10.1. The Labute approximate surface area is 87.8 Å².